The Hall–Kier alpha value is -1.75. The molecule has 2 amide bonds. The molecule has 0 radical (unpaired) electrons. The van der Waals surface area contributed by atoms with Gasteiger partial charge in [0.2, 0.25) is 0 Å². The van der Waals surface area contributed by atoms with Crippen LogP contribution in [0, 0.1) is 5.92 Å². The number of hydrogen-bond acceptors (Lipinski definition) is 3. The van der Waals surface area contributed by atoms with Crippen LogP contribution in [0.5, 0.6) is 5.75 Å². The number of methoxy groups -OCH3 is 1. The fourth-order valence-electron chi connectivity index (χ4n) is 2.29. The maximum Gasteiger partial charge on any atom is 0.315 e. The first-order chi connectivity index (χ1) is 10.4. The Morgan fingerprint density at radius 1 is 1.27 bits per heavy atom. The quantitative estimate of drug-likeness (QED) is 0.691. The van der Waals surface area contributed by atoms with E-state index < -0.39 is 6.10 Å². The molecule has 0 heterocycles. The van der Waals surface area contributed by atoms with Crippen molar-refractivity contribution in [2.24, 2.45) is 5.92 Å². The number of carbonyl (C=O) groups is 1. The number of rotatable bonds is 8. The number of ether oxygens (including phenoxy) is 1. The van der Waals surface area contributed by atoms with Crippen LogP contribution >= 0.6 is 0 Å². The lowest BCUT2D eigenvalue weighted by molar-refractivity contribution is 0.183. The first kappa shape index (κ1) is 18.3. The Kier molecular flexibility index (Phi) is 7.74. The van der Waals surface area contributed by atoms with E-state index in [0.717, 1.165) is 17.7 Å². The third-order valence-corrected chi connectivity index (χ3v) is 3.37. The average molecular weight is 308 g/mol. The Balaban J connectivity index is 2.74. The van der Waals surface area contributed by atoms with Gasteiger partial charge >= 0.3 is 6.03 Å². The zero-order chi connectivity index (χ0) is 16.5. The summed E-state index contributed by atoms with van der Waals surface area (Å²) in [5, 5.41) is 15.0. The van der Waals surface area contributed by atoms with Gasteiger partial charge in [-0.15, -0.1) is 0 Å². The lowest BCUT2D eigenvalue weighted by atomic mass is 9.96. The molecule has 0 aromatic heterocycles. The van der Waals surface area contributed by atoms with Crippen LogP contribution in [0.4, 0.5) is 4.79 Å². The van der Waals surface area contributed by atoms with Crippen molar-refractivity contribution in [2.75, 3.05) is 13.7 Å². The number of carbonyl (C=O) groups excluding carboxylic acids is 1. The van der Waals surface area contributed by atoms with Gasteiger partial charge in [-0.05, 0) is 31.7 Å². The van der Waals surface area contributed by atoms with Crippen molar-refractivity contribution in [2.45, 2.75) is 45.8 Å². The molecule has 124 valence electrons. The molecule has 1 aromatic carbocycles. The Bertz CT molecular complexity index is 461. The zero-order valence-electron chi connectivity index (χ0n) is 13.9. The van der Waals surface area contributed by atoms with E-state index in [1.807, 2.05) is 24.3 Å². The van der Waals surface area contributed by atoms with E-state index in [1.54, 1.807) is 14.0 Å². The number of para-hydroxylation sites is 1. The molecule has 2 atom stereocenters. The van der Waals surface area contributed by atoms with Crippen LogP contribution < -0.4 is 15.4 Å². The van der Waals surface area contributed by atoms with Gasteiger partial charge in [0.25, 0.3) is 0 Å². The molecular weight excluding hydrogens is 280 g/mol. The highest BCUT2D eigenvalue weighted by Crippen LogP contribution is 2.29. The van der Waals surface area contributed by atoms with Crippen LogP contribution in [0.25, 0.3) is 0 Å². The number of hydrogen-bond donors (Lipinski definition) is 3. The summed E-state index contributed by atoms with van der Waals surface area (Å²) in [5.74, 6) is 1.21. The molecule has 0 aliphatic heterocycles. The molecule has 2 unspecified atom stereocenters. The molecule has 0 fully saturated rings. The zero-order valence-corrected chi connectivity index (χ0v) is 13.9. The first-order valence-electron chi connectivity index (χ1n) is 7.79. The summed E-state index contributed by atoms with van der Waals surface area (Å²) in [6, 6.07) is 7.40. The van der Waals surface area contributed by atoms with Crippen molar-refractivity contribution in [1.82, 2.24) is 10.6 Å². The van der Waals surface area contributed by atoms with Gasteiger partial charge in [-0.1, -0.05) is 32.0 Å². The molecule has 5 nitrogen and oxygen atoms in total. The molecule has 0 saturated carbocycles. The molecule has 3 N–H and O–H groups in total. The second kappa shape index (κ2) is 9.30. The summed E-state index contributed by atoms with van der Waals surface area (Å²) in [6.07, 6.45) is 0.946. The van der Waals surface area contributed by atoms with Crippen LogP contribution in [-0.4, -0.2) is 30.9 Å². The summed E-state index contributed by atoms with van der Waals surface area (Å²) in [4.78, 5) is 12.0. The largest absolute Gasteiger partial charge is 0.496 e. The monoisotopic (exact) mass is 308 g/mol. The van der Waals surface area contributed by atoms with Gasteiger partial charge in [-0.25, -0.2) is 4.79 Å². The maximum atomic E-state index is 12.0. The standard InChI is InChI=1S/C17H28N2O3/c1-12(2)11-15(14-7-5-6-8-16(14)22-4)19-17(21)18-10-9-13(3)20/h5-8,12-13,15,20H,9-11H2,1-4H3,(H2,18,19,21). The second-order valence-corrected chi connectivity index (χ2v) is 5.96. The van der Waals surface area contributed by atoms with Crippen molar-refractivity contribution in [3.63, 3.8) is 0 Å². The number of aliphatic hydroxyl groups is 1. The highest BCUT2D eigenvalue weighted by molar-refractivity contribution is 5.74. The van der Waals surface area contributed by atoms with Crippen molar-refractivity contribution in [1.29, 1.82) is 0 Å². The van der Waals surface area contributed by atoms with E-state index in [1.165, 1.54) is 0 Å². The Morgan fingerprint density at radius 3 is 2.55 bits per heavy atom. The Morgan fingerprint density at radius 2 is 1.95 bits per heavy atom. The number of benzene rings is 1. The average Bonchev–Trinajstić information content (AvgIpc) is 2.45. The molecule has 22 heavy (non-hydrogen) atoms. The van der Waals surface area contributed by atoms with Crippen molar-refractivity contribution in [3.8, 4) is 5.75 Å². The van der Waals surface area contributed by atoms with E-state index >= 15 is 0 Å². The summed E-state index contributed by atoms with van der Waals surface area (Å²) < 4.78 is 5.40. The second-order valence-electron chi connectivity index (χ2n) is 5.96. The van der Waals surface area contributed by atoms with Gasteiger partial charge in [0.15, 0.2) is 0 Å². The first-order valence-corrected chi connectivity index (χ1v) is 7.79. The van der Waals surface area contributed by atoms with E-state index in [-0.39, 0.29) is 12.1 Å². The number of amides is 2. The molecule has 0 bridgehead atoms. The molecule has 1 rings (SSSR count). The Labute approximate surface area is 133 Å². The van der Waals surface area contributed by atoms with Crippen molar-refractivity contribution in [3.05, 3.63) is 29.8 Å². The highest BCUT2D eigenvalue weighted by atomic mass is 16.5. The van der Waals surface area contributed by atoms with E-state index in [0.29, 0.717) is 18.9 Å². The summed E-state index contributed by atoms with van der Waals surface area (Å²) in [6.45, 7) is 6.39. The molecule has 0 saturated heterocycles. The molecule has 1 aromatic rings. The van der Waals surface area contributed by atoms with E-state index in [9.17, 15) is 9.90 Å². The minimum Gasteiger partial charge on any atom is -0.496 e. The maximum absolute atomic E-state index is 12.0. The molecule has 0 aliphatic rings. The van der Waals surface area contributed by atoms with Crippen LogP contribution in [0.2, 0.25) is 0 Å². The summed E-state index contributed by atoms with van der Waals surface area (Å²) in [7, 11) is 1.63. The van der Waals surface area contributed by atoms with Crippen LogP contribution in [0.15, 0.2) is 24.3 Å². The van der Waals surface area contributed by atoms with Crippen molar-refractivity contribution >= 4 is 6.03 Å². The van der Waals surface area contributed by atoms with Crippen LogP contribution in [-0.2, 0) is 0 Å². The van der Waals surface area contributed by atoms with Crippen LogP contribution in [0.3, 0.4) is 0 Å². The fourth-order valence-corrected chi connectivity index (χ4v) is 2.29. The predicted octanol–water partition coefficient (Wildman–Crippen LogP) is 2.85. The predicted molar refractivity (Wildman–Crippen MR) is 88.0 cm³/mol. The van der Waals surface area contributed by atoms with E-state index in [4.69, 9.17) is 4.74 Å². The lowest BCUT2D eigenvalue weighted by Gasteiger charge is -2.23. The normalized spacial score (nSPS) is 13.5. The molecular formula is C17H28N2O3. The third kappa shape index (κ3) is 6.35. The van der Waals surface area contributed by atoms with Gasteiger partial charge in [0.1, 0.15) is 5.75 Å². The molecule has 5 heteroatoms. The number of aliphatic hydroxyl groups excluding tert-OH is 1. The minimum atomic E-state index is -0.416. The van der Waals surface area contributed by atoms with Gasteiger partial charge in [-0.2, -0.15) is 0 Å². The van der Waals surface area contributed by atoms with Gasteiger partial charge in [-0.3, -0.25) is 0 Å². The topological polar surface area (TPSA) is 70.6 Å². The van der Waals surface area contributed by atoms with Gasteiger partial charge < -0.3 is 20.5 Å². The summed E-state index contributed by atoms with van der Waals surface area (Å²) >= 11 is 0. The fraction of sp³-hybridized carbons (Fsp3) is 0.588. The summed E-state index contributed by atoms with van der Waals surface area (Å²) in [5.41, 5.74) is 0.976. The third-order valence-electron chi connectivity index (χ3n) is 3.37. The molecule has 0 spiro atoms. The van der Waals surface area contributed by atoms with Gasteiger partial charge in [0.05, 0.1) is 19.3 Å². The number of urea groups is 1. The van der Waals surface area contributed by atoms with Crippen molar-refractivity contribution < 1.29 is 14.6 Å². The van der Waals surface area contributed by atoms with Gasteiger partial charge in [0, 0.05) is 12.1 Å². The molecule has 0 aliphatic carbocycles. The van der Waals surface area contributed by atoms with E-state index in [2.05, 4.69) is 24.5 Å². The lowest BCUT2D eigenvalue weighted by Crippen LogP contribution is -2.39. The van der Waals surface area contributed by atoms with Crippen LogP contribution in [0.1, 0.15) is 45.2 Å². The number of nitrogens with one attached hydrogen (secondary N) is 2. The smallest absolute Gasteiger partial charge is 0.315 e. The SMILES string of the molecule is COc1ccccc1C(CC(C)C)NC(=O)NCCC(C)O. The minimum absolute atomic E-state index is 0.109. The highest BCUT2D eigenvalue weighted by Gasteiger charge is 2.19.